The number of nitrogens with one attached hydrogen (secondary N) is 1. The molecule has 10 heteroatoms. The average molecular weight is 614 g/mol. The molecule has 9 nitrogen and oxygen atoms in total. The van der Waals surface area contributed by atoms with Gasteiger partial charge in [0.1, 0.15) is 12.2 Å². The first-order valence-corrected chi connectivity index (χ1v) is 15.0. The Labute approximate surface area is 257 Å². The SMILES string of the molecule is COc1cccc(OC)c1OC1OC(CO)C(O)CC1OC1CC(NCc2ccc(-c3ccc(Cl)cc3)cc2)CC(C)O1. The molecule has 5 rings (SSSR count). The molecule has 7 unspecified atom stereocenters. The molecule has 7 atom stereocenters. The van der Waals surface area contributed by atoms with E-state index < -0.39 is 30.9 Å². The quantitative estimate of drug-likeness (QED) is 0.277. The van der Waals surface area contributed by atoms with Gasteiger partial charge < -0.3 is 44.0 Å². The lowest BCUT2D eigenvalue weighted by Crippen LogP contribution is -2.54. The van der Waals surface area contributed by atoms with Crippen LogP contribution in [0.1, 0.15) is 31.7 Å². The molecular weight excluding hydrogens is 574 g/mol. The molecule has 2 fully saturated rings. The van der Waals surface area contributed by atoms with Gasteiger partial charge >= 0.3 is 0 Å². The Morgan fingerprint density at radius 3 is 2.16 bits per heavy atom. The van der Waals surface area contributed by atoms with Gasteiger partial charge in [0.05, 0.1) is 33.0 Å². The number of hydrogen-bond donors (Lipinski definition) is 3. The highest BCUT2D eigenvalue weighted by Crippen LogP contribution is 2.40. The zero-order chi connectivity index (χ0) is 30.3. The van der Waals surface area contributed by atoms with Crippen molar-refractivity contribution in [2.45, 2.75) is 75.8 Å². The molecule has 2 saturated heterocycles. The summed E-state index contributed by atoms with van der Waals surface area (Å²) >= 11 is 6.03. The van der Waals surface area contributed by atoms with E-state index in [4.69, 9.17) is 40.0 Å². The maximum Gasteiger partial charge on any atom is 0.227 e. The largest absolute Gasteiger partial charge is 0.493 e. The Morgan fingerprint density at radius 1 is 0.884 bits per heavy atom. The summed E-state index contributed by atoms with van der Waals surface area (Å²) in [5.41, 5.74) is 3.43. The lowest BCUT2D eigenvalue weighted by molar-refractivity contribution is -0.298. The molecule has 3 aromatic carbocycles. The fourth-order valence-electron chi connectivity index (χ4n) is 5.56. The maximum absolute atomic E-state index is 10.6. The molecule has 0 aliphatic carbocycles. The van der Waals surface area contributed by atoms with Gasteiger partial charge in [-0.3, -0.25) is 0 Å². The van der Waals surface area contributed by atoms with E-state index in [1.54, 1.807) is 18.2 Å². The van der Waals surface area contributed by atoms with Crippen LogP contribution in [0.15, 0.2) is 66.7 Å². The smallest absolute Gasteiger partial charge is 0.227 e. The van der Waals surface area contributed by atoms with Gasteiger partial charge in [0.25, 0.3) is 0 Å². The fourth-order valence-corrected chi connectivity index (χ4v) is 5.68. The van der Waals surface area contributed by atoms with Crippen molar-refractivity contribution in [2.75, 3.05) is 20.8 Å². The molecule has 0 aromatic heterocycles. The van der Waals surface area contributed by atoms with Gasteiger partial charge in [-0.05, 0) is 54.3 Å². The summed E-state index contributed by atoms with van der Waals surface area (Å²) < 4.78 is 35.7. The maximum atomic E-state index is 10.6. The summed E-state index contributed by atoms with van der Waals surface area (Å²) in [7, 11) is 3.08. The first-order valence-electron chi connectivity index (χ1n) is 14.6. The Hall–Kier alpha value is -2.89. The first kappa shape index (κ1) is 31.5. The van der Waals surface area contributed by atoms with Crippen LogP contribution in [0.25, 0.3) is 11.1 Å². The van der Waals surface area contributed by atoms with Crippen LogP contribution in [-0.2, 0) is 20.8 Å². The third-order valence-corrected chi connectivity index (χ3v) is 8.09. The summed E-state index contributed by atoms with van der Waals surface area (Å²) in [4.78, 5) is 0. The zero-order valence-electron chi connectivity index (χ0n) is 24.6. The Bertz CT molecular complexity index is 1290. The topological polar surface area (TPSA) is 108 Å². The molecule has 3 N–H and O–H groups in total. The number of ether oxygens (including phenoxy) is 6. The molecule has 2 aliphatic heterocycles. The number of benzene rings is 3. The second-order valence-electron chi connectivity index (χ2n) is 10.9. The van der Waals surface area contributed by atoms with E-state index in [0.29, 0.717) is 30.2 Å². The van der Waals surface area contributed by atoms with E-state index in [9.17, 15) is 10.2 Å². The van der Waals surface area contributed by atoms with E-state index in [2.05, 4.69) is 29.6 Å². The molecule has 2 aliphatic rings. The molecule has 2 heterocycles. The standard InChI is InChI=1S/C33H40ClNO8/c1-20-15-25(35-18-21-7-9-22(10-8-21)23-11-13-24(34)14-12-23)16-31(40-20)41-29-17-26(37)30(19-36)42-33(29)43-32-27(38-2)5-4-6-28(32)39-3/h4-14,20,25-26,29-31,33,35-37H,15-19H2,1-3H3. The van der Waals surface area contributed by atoms with Crippen LogP contribution in [0.2, 0.25) is 5.02 Å². The number of methoxy groups -OCH3 is 2. The van der Waals surface area contributed by atoms with Gasteiger partial charge in [-0.1, -0.05) is 54.1 Å². The molecule has 232 valence electrons. The number of aliphatic hydroxyl groups excluding tert-OH is 2. The predicted molar refractivity (Wildman–Crippen MR) is 163 cm³/mol. The van der Waals surface area contributed by atoms with Crippen molar-refractivity contribution < 1.29 is 38.6 Å². The van der Waals surface area contributed by atoms with E-state index >= 15 is 0 Å². The highest BCUT2D eigenvalue weighted by Gasteiger charge is 2.42. The van der Waals surface area contributed by atoms with E-state index in [0.717, 1.165) is 22.6 Å². The fraction of sp³-hybridized carbons (Fsp3) is 0.455. The van der Waals surface area contributed by atoms with Crippen molar-refractivity contribution in [1.82, 2.24) is 5.32 Å². The van der Waals surface area contributed by atoms with Crippen molar-refractivity contribution in [3.8, 4) is 28.4 Å². The number of halogens is 1. The summed E-state index contributed by atoms with van der Waals surface area (Å²) in [6, 6.07) is 21.7. The van der Waals surface area contributed by atoms with Gasteiger partial charge in [0.2, 0.25) is 12.0 Å². The summed E-state index contributed by atoms with van der Waals surface area (Å²) in [5.74, 6) is 1.27. The molecule has 0 spiro atoms. The number of hydrogen-bond acceptors (Lipinski definition) is 9. The minimum absolute atomic E-state index is 0.0446. The summed E-state index contributed by atoms with van der Waals surface area (Å²) in [5, 5.41) is 24.8. The monoisotopic (exact) mass is 613 g/mol. The van der Waals surface area contributed by atoms with Gasteiger partial charge in [-0.2, -0.15) is 0 Å². The first-order chi connectivity index (χ1) is 20.9. The summed E-state index contributed by atoms with van der Waals surface area (Å²) in [6.07, 6.45) is -2.34. The van der Waals surface area contributed by atoms with E-state index in [-0.39, 0.29) is 25.2 Å². The third kappa shape index (κ3) is 7.99. The van der Waals surface area contributed by atoms with Crippen molar-refractivity contribution in [3.63, 3.8) is 0 Å². The van der Waals surface area contributed by atoms with Crippen LogP contribution >= 0.6 is 11.6 Å². The van der Waals surface area contributed by atoms with Gasteiger partial charge in [-0.15, -0.1) is 0 Å². The average Bonchev–Trinajstić information content (AvgIpc) is 3.01. The predicted octanol–water partition coefficient (Wildman–Crippen LogP) is 4.94. The molecular formula is C33H40ClNO8. The highest BCUT2D eigenvalue weighted by molar-refractivity contribution is 6.30. The molecule has 43 heavy (non-hydrogen) atoms. The van der Waals surface area contributed by atoms with Crippen molar-refractivity contribution in [3.05, 3.63) is 77.3 Å². The van der Waals surface area contributed by atoms with E-state index in [1.165, 1.54) is 19.8 Å². The van der Waals surface area contributed by atoms with E-state index in [1.807, 2.05) is 31.2 Å². The molecule has 0 saturated carbocycles. The molecule has 3 aromatic rings. The second-order valence-corrected chi connectivity index (χ2v) is 11.4. The van der Waals surface area contributed by atoms with Crippen LogP contribution in [0.5, 0.6) is 17.2 Å². The van der Waals surface area contributed by atoms with Crippen LogP contribution in [0, 0.1) is 0 Å². The normalized spacial score (nSPS) is 27.4. The van der Waals surface area contributed by atoms with Gasteiger partial charge in [0.15, 0.2) is 17.8 Å². The number of para-hydroxylation sites is 1. The lowest BCUT2D eigenvalue weighted by atomic mass is 10.0. The Morgan fingerprint density at radius 2 is 1.53 bits per heavy atom. The second kappa shape index (κ2) is 14.7. The van der Waals surface area contributed by atoms with Crippen molar-refractivity contribution in [1.29, 1.82) is 0 Å². The Kier molecular flexibility index (Phi) is 10.8. The highest BCUT2D eigenvalue weighted by atomic mass is 35.5. The van der Waals surface area contributed by atoms with Crippen LogP contribution in [-0.4, -0.2) is 74.1 Å². The summed E-state index contributed by atoms with van der Waals surface area (Å²) in [6.45, 7) is 2.36. The van der Waals surface area contributed by atoms with Crippen LogP contribution < -0.4 is 19.5 Å². The van der Waals surface area contributed by atoms with Crippen molar-refractivity contribution in [2.24, 2.45) is 0 Å². The van der Waals surface area contributed by atoms with Gasteiger partial charge in [-0.25, -0.2) is 0 Å². The van der Waals surface area contributed by atoms with Crippen molar-refractivity contribution >= 4 is 11.6 Å². The minimum atomic E-state index is -0.947. The third-order valence-electron chi connectivity index (χ3n) is 7.84. The lowest BCUT2D eigenvalue weighted by Gasteiger charge is -2.42. The van der Waals surface area contributed by atoms with Gasteiger partial charge in [0, 0.05) is 30.5 Å². The molecule has 0 amide bonds. The van der Waals surface area contributed by atoms with Crippen LogP contribution in [0.4, 0.5) is 0 Å². The minimum Gasteiger partial charge on any atom is -0.493 e. The zero-order valence-corrected chi connectivity index (χ0v) is 25.4. The molecule has 0 radical (unpaired) electrons. The molecule has 0 bridgehead atoms. The number of aliphatic hydroxyl groups is 2. The Balaban J connectivity index is 1.23. The van der Waals surface area contributed by atoms with Crippen LogP contribution in [0.3, 0.4) is 0 Å². The number of rotatable bonds is 11.